The fraction of sp³-hybridized carbons (Fsp3) is 0.350. The van der Waals surface area contributed by atoms with Crippen molar-refractivity contribution in [3.8, 4) is 17.2 Å². The number of carbonyl (C=O) groups excluding carboxylic acids is 1. The van der Waals surface area contributed by atoms with Gasteiger partial charge in [-0.05, 0) is 37.3 Å². The molecule has 10 heteroatoms. The van der Waals surface area contributed by atoms with Crippen molar-refractivity contribution in [2.75, 3.05) is 37.9 Å². The Balaban J connectivity index is 2.07. The molecule has 0 aliphatic rings. The highest BCUT2D eigenvalue weighted by molar-refractivity contribution is 7.92. The summed E-state index contributed by atoms with van der Waals surface area (Å²) in [6.07, 6.45) is 1.02. The maximum absolute atomic E-state index is 12.6. The van der Waals surface area contributed by atoms with Gasteiger partial charge in [0.05, 0.1) is 32.7 Å². The normalized spacial score (nSPS) is 12.0. The zero-order chi connectivity index (χ0) is 22.3. The Morgan fingerprint density at radius 3 is 2.47 bits per heavy atom. The molecule has 8 nitrogen and oxygen atoms in total. The van der Waals surface area contributed by atoms with Gasteiger partial charge in [0.1, 0.15) is 29.9 Å². The van der Waals surface area contributed by atoms with Crippen molar-refractivity contribution < 1.29 is 27.4 Å². The van der Waals surface area contributed by atoms with E-state index in [9.17, 15) is 13.2 Å². The molecule has 164 valence electrons. The summed E-state index contributed by atoms with van der Waals surface area (Å²) in [6, 6.07) is 10.6. The number of amides is 1. The lowest BCUT2D eigenvalue weighted by Crippen LogP contribution is -2.48. The molecule has 2 rings (SSSR count). The van der Waals surface area contributed by atoms with E-state index in [0.29, 0.717) is 16.5 Å². The first kappa shape index (κ1) is 23.6. The van der Waals surface area contributed by atoms with Crippen LogP contribution >= 0.6 is 11.6 Å². The first-order valence-electron chi connectivity index (χ1n) is 9.05. The third-order valence-corrected chi connectivity index (χ3v) is 5.64. The lowest BCUT2D eigenvalue weighted by Gasteiger charge is -2.29. The number of anilines is 1. The molecule has 1 atom stereocenters. The number of methoxy groups -OCH3 is 2. The van der Waals surface area contributed by atoms with Gasteiger partial charge in [-0.25, -0.2) is 8.42 Å². The summed E-state index contributed by atoms with van der Waals surface area (Å²) in [5, 5.41) is 3.00. The molecule has 0 heterocycles. The summed E-state index contributed by atoms with van der Waals surface area (Å²) >= 11 is 6.03. The predicted octanol–water partition coefficient (Wildman–Crippen LogP) is 2.71. The number of benzene rings is 2. The fourth-order valence-corrected chi connectivity index (χ4v) is 4.13. The molecule has 2 aromatic carbocycles. The number of hydrogen-bond donors (Lipinski definition) is 1. The highest BCUT2D eigenvalue weighted by Crippen LogP contribution is 2.34. The average Bonchev–Trinajstić information content (AvgIpc) is 2.70. The Labute approximate surface area is 181 Å². The van der Waals surface area contributed by atoms with Crippen LogP contribution in [0.15, 0.2) is 42.5 Å². The van der Waals surface area contributed by atoms with E-state index in [4.69, 9.17) is 25.8 Å². The van der Waals surface area contributed by atoms with Crippen LogP contribution in [0.2, 0.25) is 5.02 Å². The zero-order valence-corrected chi connectivity index (χ0v) is 18.8. The Hall–Kier alpha value is -2.65. The second-order valence-electron chi connectivity index (χ2n) is 6.37. The van der Waals surface area contributed by atoms with Crippen molar-refractivity contribution in [3.05, 3.63) is 47.5 Å². The summed E-state index contributed by atoms with van der Waals surface area (Å²) in [4.78, 5) is 12.6. The Kier molecular flexibility index (Phi) is 8.19. The number of rotatable bonds is 10. The van der Waals surface area contributed by atoms with Gasteiger partial charge in [-0.3, -0.25) is 9.10 Å². The minimum Gasteiger partial charge on any atom is -0.497 e. The van der Waals surface area contributed by atoms with E-state index in [2.05, 4.69) is 5.32 Å². The Bertz CT molecular complexity index is 983. The van der Waals surface area contributed by atoms with Gasteiger partial charge in [0.25, 0.3) is 0 Å². The highest BCUT2D eigenvalue weighted by atomic mass is 35.5. The molecule has 0 spiro atoms. The lowest BCUT2D eigenvalue weighted by molar-refractivity contribution is -0.121. The molecule has 0 saturated heterocycles. The summed E-state index contributed by atoms with van der Waals surface area (Å²) in [7, 11) is -0.835. The van der Waals surface area contributed by atoms with Crippen molar-refractivity contribution in [2.24, 2.45) is 0 Å². The van der Waals surface area contributed by atoms with E-state index in [0.717, 1.165) is 10.6 Å². The van der Waals surface area contributed by atoms with Crippen molar-refractivity contribution in [2.45, 2.75) is 13.0 Å². The molecule has 0 aliphatic heterocycles. The summed E-state index contributed by atoms with van der Waals surface area (Å²) in [5.74, 6) is 1.05. The standard InChI is InChI=1S/C20H25ClN2O6S/c1-14(20(24)22-10-11-29-17-7-5-6-16(13-17)27-2)23(30(4,25)26)18-12-15(21)8-9-19(18)28-3/h5-9,12-14H,10-11H2,1-4H3,(H,22,24)/t14-/m0/s1. The molecule has 0 radical (unpaired) electrons. The van der Waals surface area contributed by atoms with Crippen molar-refractivity contribution in [1.82, 2.24) is 5.32 Å². The summed E-state index contributed by atoms with van der Waals surface area (Å²) in [6.45, 7) is 1.87. The van der Waals surface area contributed by atoms with Gasteiger partial charge in [-0.1, -0.05) is 17.7 Å². The van der Waals surface area contributed by atoms with Gasteiger partial charge >= 0.3 is 0 Å². The molecule has 2 aromatic rings. The van der Waals surface area contributed by atoms with Crippen LogP contribution in [-0.4, -0.2) is 54.0 Å². The molecule has 0 aromatic heterocycles. The SMILES string of the molecule is COc1cccc(OCCNC(=O)[C@H](C)N(c2cc(Cl)ccc2OC)S(C)(=O)=O)c1. The van der Waals surface area contributed by atoms with E-state index < -0.39 is 22.0 Å². The van der Waals surface area contributed by atoms with Gasteiger partial charge in [-0.15, -0.1) is 0 Å². The maximum Gasteiger partial charge on any atom is 0.243 e. The first-order valence-corrected chi connectivity index (χ1v) is 11.3. The van der Waals surface area contributed by atoms with E-state index in [1.807, 2.05) is 0 Å². The zero-order valence-electron chi connectivity index (χ0n) is 17.2. The lowest BCUT2D eigenvalue weighted by atomic mass is 10.2. The molecular formula is C20H25ClN2O6S. The molecule has 1 amide bonds. The minimum absolute atomic E-state index is 0.183. The van der Waals surface area contributed by atoms with Gasteiger partial charge < -0.3 is 19.5 Å². The van der Waals surface area contributed by atoms with Gasteiger partial charge in [-0.2, -0.15) is 0 Å². The third kappa shape index (κ3) is 6.17. The molecule has 0 unspecified atom stereocenters. The molecule has 1 N–H and O–H groups in total. The quantitative estimate of drug-likeness (QED) is 0.552. The Morgan fingerprint density at radius 2 is 1.83 bits per heavy atom. The van der Waals surface area contributed by atoms with Crippen LogP contribution in [0.25, 0.3) is 0 Å². The van der Waals surface area contributed by atoms with E-state index in [1.54, 1.807) is 43.5 Å². The minimum atomic E-state index is -3.80. The topological polar surface area (TPSA) is 94.2 Å². The van der Waals surface area contributed by atoms with E-state index in [1.165, 1.54) is 20.1 Å². The van der Waals surface area contributed by atoms with Crippen molar-refractivity contribution in [3.63, 3.8) is 0 Å². The van der Waals surface area contributed by atoms with Crippen LogP contribution in [0.3, 0.4) is 0 Å². The van der Waals surface area contributed by atoms with Crippen molar-refractivity contribution >= 4 is 33.2 Å². The second-order valence-corrected chi connectivity index (χ2v) is 8.67. The smallest absolute Gasteiger partial charge is 0.243 e. The number of nitrogens with zero attached hydrogens (tertiary/aromatic N) is 1. The molecule has 0 saturated carbocycles. The van der Waals surface area contributed by atoms with Crippen LogP contribution in [0.5, 0.6) is 17.2 Å². The maximum atomic E-state index is 12.6. The third-order valence-electron chi connectivity index (χ3n) is 4.18. The molecule has 0 fully saturated rings. The molecule has 0 bridgehead atoms. The number of sulfonamides is 1. The largest absolute Gasteiger partial charge is 0.497 e. The van der Waals surface area contributed by atoms with Crippen LogP contribution < -0.4 is 23.8 Å². The fourth-order valence-electron chi connectivity index (χ4n) is 2.80. The van der Waals surface area contributed by atoms with Crippen LogP contribution in [-0.2, 0) is 14.8 Å². The average molecular weight is 457 g/mol. The Morgan fingerprint density at radius 1 is 1.13 bits per heavy atom. The van der Waals surface area contributed by atoms with Crippen LogP contribution in [0.1, 0.15) is 6.92 Å². The highest BCUT2D eigenvalue weighted by Gasteiger charge is 2.31. The molecular weight excluding hydrogens is 432 g/mol. The van der Waals surface area contributed by atoms with E-state index >= 15 is 0 Å². The molecule has 0 aliphatic carbocycles. The molecule has 30 heavy (non-hydrogen) atoms. The summed E-state index contributed by atoms with van der Waals surface area (Å²) < 4.78 is 41.8. The van der Waals surface area contributed by atoms with Gasteiger partial charge in [0.15, 0.2) is 0 Å². The number of halogens is 1. The summed E-state index contributed by atoms with van der Waals surface area (Å²) in [5.41, 5.74) is 0.183. The number of ether oxygens (including phenoxy) is 3. The number of hydrogen-bond acceptors (Lipinski definition) is 6. The van der Waals surface area contributed by atoms with Gasteiger partial charge in [0.2, 0.25) is 15.9 Å². The number of nitrogens with one attached hydrogen (secondary N) is 1. The monoisotopic (exact) mass is 456 g/mol. The predicted molar refractivity (Wildman–Crippen MR) is 116 cm³/mol. The van der Waals surface area contributed by atoms with E-state index in [-0.39, 0.29) is 24.6 Å². The van der Waals surface area contributed by atoms with Crippen LogP contribution in [0, 0.1) is 0 Å². The van der Waals surface area contributed by atoms with Gasteiger partial charge in [0, 0.05) is 11.1 Å². The van der Waals surface area contributed by atoms with Crippen LogP contribution in [0.4, 0.5) is 5.69 Å². The van der Waals surface area contributed by atoms with Crippen molar-refractivity contribution in [1.29, 1.82) is 0 Å². The second kappa shape index (κ2) is 10.4. The first-order chi connectivity index (χ1) is 14.2. The number of carbonyl (C=O) groups is 1.